The van der Waals surface area contributed by atoms with Crippen LogP contribution in [0, 0.1) is 0 Å². The van der Waals surface area contributed by atoms with Crippen LogP contribution in [0.2, 0.25) is 0 Å². The maximum Gasteiger partial charge on any atom is 0.141 e. The number of methoxy groups -OCH3 is 1. The predicted molar refractivity (Wildman–Crippen MR) is 80.9 cm³/mol. The summed E-state index contributed by atoms with van der Waals surface area (Å²) in [6.07, 6.45) is 0. The number of hydrogen-bond donors (Lipinski definition) is 1. The Morgan fingerprint density at radius 1 is 1.21 bits per heavy atom. The molecule has 1 heterocycles. The molecular formula is C14H18BrN3O. The van der Waals surface area contributed by atoms with E-state index in [1.165, 1.54) is 0 Å². The summed E-state index contributed by atoms with van der Waals surface area (Å²) in [6.45, 7) is 6.33. The molecule has 0 radical (unpaired) electrons. The van der Waals surface area contributed by atoms with E-state index < -0.39 is 0 Å². The van der Waals surface area contributed by atoms with Gasteiger partial charge in [-0.3, -0.25) is 0 Å². The number of halogens is 1. The number of aromatic nitrogens is 2. The number of nitrogens with two attached hydrogens (primary N) is 1. The van der Waals surface area contributed by atoms with E-state index in [0.717, 1.165) is 21.6 Å². The number of ether oxygens (including phenoxy) is 1. The summed E-state index contributed by atoms with van der Waals surface area (Å²) in [5, 5.41) is 4.61. The maximum atomic E-state index is 6.13. The zero-order chi connectivity index (χ0) is 14.2. The smallest absolute Gasteiger partial charge is 0.141 e. The third-order valence-electron chi connectivity index (χ3n) is 2.89. The molecule has 2 rings (SSSR count). The van der Waals surface area contributed by atoms with Gasteiger partial charge >= 0.3 is 0 Å². The highest BCUT2D eigenvalue weighted by atomic mass is 79.9. The lowest BCUT2D eigenvalue weighted by molar-refractivity contribution is 0.414. The third kappa shape index (κ3) is 2.61. The van der Waals surface area contributed by atoms with Gasteiger partial charge in [0, 0.05) is 5.41 Å². The van der Waals surface area contributed by atoms with Gasteiger partial charge in [-0.05, 0) is 40.2 Å². The van der Waals surface area contributed by atoms with Crippen molar-refractivity contribution >= 4 is 21.7 Å². The SMILES string of the molecule is COc1ccc(-n2nc(C(C)(C)C)c(Br)c2N)cc1. The summed E-state index contributed by atoms with van der Waals surface area (Å²) in [5.74, 6) is 1.42. The molecule has 1 aromatic carbocycles. The Balaban J connectivity index is 2.50. The fourth-order valence-corrected chi connectivity index (χ4v) is 2.65. The molecule has 0 aliphatic heterocycles. The van der Waals surface area contributed by atoms with Crippen LogP contribution >= 0.6 is 15.9 Å². The highest BCUT2D eigenvalue weighted by Gasteiger charge is 2.24. The van der Waals surface area contributed by atoms with E-state index in [1.807, 2.05) is 24.3 Å². The van der Waals surface area contributed by atoms with E-state index in [2.05, 4.69) is 41.8 Å². The minimum atomic E-state index is -0.0648. The van der Waals surface area contributed by atoms with E-state index in [4.69, 9.17) is 10.5 Å². The van der Waals surface area contributed by atoms with E-state index >= 15 is 0 Å². The molecule has 4 nitrogen and oxygen atoms in total. The van der Waals surface area contributed by atoms with Crippen LogP contribution in [0.25, 0.3) is 5.69 Å². The number of nitrogen functional groups attached to an aromatic ring is 1. The molecule has 5 heteroatoms. The average Bonchev–Trinajstić information content (AvgIpc) is 2.66. The zero-order valence-corrected chi connectivity index (χ0v) is 13.2. The molecule has 2 aromatic rings. The molecule has 0 amide bonds. The lowest BCUT2D eigenvalue weighted by Crippen LogP contribution is -2.13. The van der Waals surface area contributed by atoms with Crippen LogP contribution in [0.1, 0.15) is 26.5 Å². The molecule has 102 valence electrons. The summed E-state index contributed by atoms with van der Waals surface area (Å²) in [7, 11) is 1.64. The molecule has 0 bridgehead atoms. The summed E-state index contributed by atoms with van der Waals surface area (Å²) in [5.41, 5.74) is 7.92. The van der Waals surface area contributed by atoms with Crippen molar-refractivity contribution in [3.05, 3.63) is 34.4 Å². The maximum absolute atomic E-state index is 6.13. The second kappa shape index (κ2) is 4.89. The lowest BCUT2D eigenvalue weighted by Gasteiger charge is -2.15. The Morgan fingerprint density at radius 2 is 1.79 bits per heavy atom. The van der Waals surface area contributed by atoms with Gasteiger partial charge < -0.3 is 10.5 Å². The molecule has 0 fully saturated rings. The normalized spacial score (nSPS) is 11.6. The Bertz CT molecular complexity index is 582. The summed E-state index contributed by atoms with van der Waals surface area (Å²) < 4.78 is 7.75. The molecule has 0 unspecified atom stereocenters. The number of nitrogens with zero attached hydrogens (tertiary/aromatic N) is 2. The van der Waals surface area contributed by atoms with Crippen LogP contribution in [0.4, 0.5) is 5.82 Å². The molecule has 0 spiro atoms. The molecule has 1 aromatic heterocycles. The van der Waals surface area contributed by atoms with Crippen molar-refractivity contribution in [3.8, 4) is 11.4 Å². The summed E-state index contributed by atoms with van der Waals surface area (Å²) in [6, 6.07) is 7.64. The molecule has 19 heavy (non-hydrogen) atoms. The van der Waals surface area contributed by atoms with Crippen LogP contribution in [0.15, 0.2) is 28.7 Å². The van der Waals surface area contributed by atoms with Gasteiger partial charge in [-0.25, -0.2) is 4.68 Å². The molecule has 0 atom stereocenters. The van der Waals surface area contributed by atoms with Crippen LogP contribution in [-0.4, -0.2) is 16.9 Å². The molecular weight excluding hydrogens is 306 g/mol. The van der Waals surface area contributed by atoms with Gasteiger partial charge in [0.25, 0.3) is 0 Å². The molecule has 0 saturated carbocycles. The first-order valence-corrected chi connectivity index (χ1v) is 6.83. The third-order valence-corrected chi connectivity index (χ3v) is 3.67. The number of hydrogen-bond acceptors (Lipinski definition) is 3. The van der Waals surface area contributed by atoms with Gasteiger partial charge in [0.05, 0.1) is 23.0 Å². The number of rotatable bonds is 2. The molecule has 0 saturated heterocycles. The standard InChI is InChI=1S/C14H18BrN3O/c1-14(2,3)12-11(15)13(16)18(17-12)9-5-7-10(19-4)8-6-9/h5-8H,16H2,1-4H3. The first-order valence-electron chi connectivity index (χ1n) is 6.03. The summed E-state index contributed by atoms with van der Waals surface area (Å²) >= 11 is 3.53. The summed E-state index contributed by atoms with van der Waals surface area (Å²) in [4.78, 5) is 0. The van der Waals surface area contributed by atoms with E-state index in [0.29, 0.717) is 5.82 Å². The van der Waals surface area contributed by atoms with Crippen LogP contribution in [-0.2, 0) is 5.41 Å². The van der Waals surface area contributed by atoms with Gasteiger partial charge in [-0.15, -0.1) is 0 Å². The van der Waals surface area contributed by atoms with Crippen molar-refractivity contribution in [2.75, 3.05) is 12.8 Å². The van der Waals surface area contributed by atoms with E-state index in [1.54, 1.807) is 11.8 Å². The highest BCUT2D eigenvalue weighted by molar-refractivity contribution is 9.10. The second-order valence-electron chi connectivity index (χ2n) is 5.41. The fraction of sp³-hybridized carbons (Fsp3) is 0.357. The zero-order valence-electron chi connectivity index (χ0n) is 11.6. The van der Waals surface area contributed by atoms with Gasteiger partial charge in [0.2, 0.25) is 0 Å². The second-order valence-corrected chi connectivity index (χ2v) is 6.20. The fourth-order valence-electron chi connectivity index (χ4n) is 1.81. The topological polar surface area (TPSA) is 53.1 Å². The van der Waals surface area contributed by atoms with Crippen LogP contribution in [0.5, 0.6) is 5.75 Å². The Labute approximate surface area is 121 Å². The van der Waals surface area contributed by atoms with Gasteiger partial charge in [0.1, 0.15) is 11.6 Å². The number of anilines is 1. The van der Waals surface area contributed by atoms with Crippen molar-refractivity contribution in [1.82, 2.24) is 9.78 Å². The van der Waals surface area contributed by atoms with Crippen molar-refractivity contribution in [2.24, 2.45) is 0 Å². The van der Waals surface area contributed by atoms with E-state index in [9.17, 15) is 0 Å². The van der Waals surface area contributed by atoms with Crippen molar-refractivity contribution in [3.63, 3.8) is 0 Å². The molecule has 0 aliphatic rings. The van der Waals surface area contributed by atoms with Crippen LogP contribution < -0.4 is 10.5 Å². The minimum Gasteiger partial charge on any atom is -0.497 e. The highest BCUT2D eigenvalue weighted by Crippen LogP contribution is 2.34. The number of benzene rings is 1. The molecule has 2 N–H and O–H groups in total. The predicted octanol–water partition coefficient (Wildman–Crippen LogP) is 3.52. The van der Waals surface area contributed by atoms with Crippen molar-refractivity contribution in [2.45, 2.75) is 26.2 Å². The van der Waals surface area contributed by atoms with Gasteiger partial charge in [-0.1, -0.05) is 20.8 Å². The minimum absolute atomic E-state index is 0.0648. The first-order chi connectivity index (χ1) is 8.84. The first kappa shape index (κ1) is 13.9. The van der Waals surface area contributed by atoms with Gasteiger partial charge in [0.15, 0.2) is 0 Å². The molecule has 0 aliphatic carbocycles. The Kier molecular flexibility index (Phi) is 3.58. The van der Waals surface area contributed by atoms with E-state index in [-0.39, 0.29) is 5.41 Å². The average molecular weight is 324 g/mol. The van der Waals surface area contributed by atoms with Crippen molar-refractivity contribution < 1.29 is 4.74 Å². The largest absolute Gasteiger partial charge is 0.497 e. The quantitative estimate of drug-likeness (QED) is 0.919. The van der Waals surface area contributed by atoms with Crippen LogP contribution in [0.3, 0.4) is 0 Å². The lowest BCUT2D eigenvalue weighted by atomic mass is 9.92. The Morgan fingerprint density at radius 3 is 2.21 bits per heavy atom. The monoisotopic (exact) mass is 323 g/mol. The Hall–Kier alpha value is -1.49. The van der Waals surface area contributed by atoms with Gasteiger partial charge in [-0.2, -0.15) is 5.10 Å². The van der Waals surface area contributed by atoms with Crippen molar-refractivity contribution in [1.29, 1.82) is 0 Å².